The molecule has 2 amide bonds. The second-order valence-electron chi connectivity index (χ2n) is 7.81. The Kier molecular flexibility index (Phi) is 7.75. The summed E-state index contributed by atoms with van der Waals surface area (Å²) in [5, 5.41) is 3.67. The van der Waals surface area contributed by atoms with Crippen molar-refractivity contribution in [3.8, 4) is 5.75 Å². The van der Waals surface area contributed by atoms with Crippen molar-refractivity contribution in [3.05, 3.63) is 64.7 Å². The highest BCUT2D eigenvalue weighted by atomic mass is 35.5. The lowest BCUT2D eigenvalue weighted by molar-refractivity contribution is -0.140. The number of hydrogen-bond donors (Lipinski definition) is 1. The van der Waals surface area contributed by atoms with Gasteiger partial charge in [0, 0.05) is 17.6 Å². The minimum Gasteiger partial charge on any atom is -0.497 e. The molecule has 5 nitrogen and oxygen atoms in total. The highest BCUT2D eigenvalue weighted by Gasteiger charge is 2.28. The SMILES string of the molecule is COc1cccc(CN(C(=O)Cc2ccccc2Cl)[C@@H](C)C(=O)NC2CCCC2)c1. The lowest BCUT2D eigenvalue weighted by Gasteiger charge is -2.30. The van der Waals surface area contributed by atoms with Gasteiger partial charge in [-0.2, -0.15) is 0 Å². The molecule has 1 atom stereocenters. The lowest BCUT2D eigenvalue weighted by Crippen LogP contribution is -2.50. The predicted octanol–water partition coefficient (Wildman–Crippen LogP) is 4.37. The smallest absolute Gasteiger partial charge is 0.242 e. The number of amides is 2. The van der Waals surface area contributed by atoms with Gasteiger partial charge >= 0.3 is 0 Å². The average molecular weight is 429 g/mol. The van der Waals surface area contributed by atoms with Crippen LogP contribution in [0.1, 0.15) is 43.7 Å². The predicted molar refractivity (Wildman–Crippen MR) is 119 cm³/mol. The molecule has 160 valence electrons. The van der Waals surface area contributed by atoms with Crippen molar-refractivity contribution in [1.82, 2.24) is 10.2 Å². The zero-order valence-electron chi connectivity index (χ0n) is 17.6. The molecule has 1 N–H and O–H groups in total. The van der Waals surface area contributed by atoms with Crippen molar-refractivity contribution in [2.24, 2.45) is 0 Å². The van der Waals surface area contributed by atoms with Crippen molar-refractivity contribution >= 4 is 23.4 Å². The molecule has 0 bridgehead atoms. The summed E-state index contributed by atoms with van der Waals surface area (Å²) in [5.74, 6) is 0.464. The summed E-state index contributed by atoms with van der Waals surface area (Å²) in [7, 11) is 1.61. The molecule has 0 radical (unpaired) electrons. The van der Waals surface area contributed by atoms with Crippen molar-refractivity contribution in [2.45, 2.75) is 57.7 Å². The third-order valence-electron chi connectivity index (χ3n) is 5.66. The van der Waals surface area contributed by atoms with E-state index in [1.807, 2.05) is 42.5 Å². The van der Waals surface area contributed by atoms with Gasteiger partial charge in [0.2, 0.25) is 11.8 Å². The van der Waals surface area contributed by atoms with Crippen molar-refractivity contribution in [2.75, 3.05) is 7.11 Å². The Morgan fingerprint density at radius 3 is 2.60 bits per heavy atom. The van der Waals surface area contributed by atoms with Gasteiger partial charge in [-0.05, 0) is 49.1 Å². The van der Waals surface area contributed by atoms with E-state index in [9.17, 15) is 9.59 Å². The number of hydrogen-bond acceptors (Lipinski definition) is 3. The molecular formula is C24H29ClN2O3. The molecule has 1 fully saturated rings. The van der Waals surface area contributed by atoms with Crippen molar-refractivity contribution < 1.29 is 14.3 Å². The van der Waals surface area contributed by atoms with Crippen LogP contribution >= 0.6 is 11.6 Å². The number of methoxy groups -OCH3 is 1. The van der Waals surface area contributed by atoms with Crippen LogP contribution < -0.4 is 10.1 Å². The maximum absolute atomic E-state index is 13.3. The van der Waals surface area contributed by atoms with E-state index in [-0.39, 0.29) is 24.3 Å². The highest BCUT2D eigenvalue weighted by Crippen LogP contribution is 2.21. The van der Waals surface area contributed by atoms with E-state index < -0.39 is 6.04 Å². The molecule has 0 heterocycles. The molecule has 0 unspecified atom stereocenters. The summed E-state index contributed by atoms with van der Waals surface area (Å²) in [4.78, 5) is 27.8. The summed E-state index contributed by atoms with van der Waals surface area (Å²) >= 11 is 6.26. The maximum atomic E-state index is 13.3. The normalized spacial score (nSPS) is 14.9. The number of rotatable bonds is 8. The summed E-state index contributed by atoms with van der Waals surface area (Å²) in [5.41, 5.74) is 1.66. The zero-order valence-corrected chi connectivity index (χ0v) is 18.3. The van der Waals surface area contributed by atoms with Crippen molar-refractivity contribution in [3.63, 3.8) is 0 Å². The first-order valence-electron chi connectivity index (χ1n) is 10.4. The fourth-order valence-corrected chi connectivity index (χ4v) is 4.05. The molecule has 0 aromatic heterocycles. The Morgan fingerprint density at radius 2 is 1.90 bits per heavy atom. The number of benzene rings is 2. The fourth-order valence-electron chi connectivity index (χ4n) is 3.85. The molecule has 1 aliphatic rings. The van der Waals surface area contributed by atoms with Crippen LogP contribution in [0.4, 0.5) is 0 Å². The number of nitrogens with zero attached hydrogens (tertiary/aromatic N) is 1. The van der Waals surface area contributed by atoms with Crippen LogP contribution in [0.5, 0.6) is 5.75 Å². The Morgan fingerprint density at radius 1 is 1.17 bits per heavy atom. The first-order chi connectivity index (χ1) is 14.5. The number of ether oxygens (including phenoxy) is 1. The lowest BCUT2D eigenvalue weighted by atomic mass is 10.1. The van der Waals surface area contributed by atoms with Gasteiger partial charge in [0.15, 0.2) is 0 Å². The summed E-state index contributed by atoms with van der Waals surface area (Å²) in [6.45, 7) is 2.11. The van der Waals surface area contributed by atoms with E-state index in [4.69, 9.17) is 16.3 Å². The van der Waals surface area contributed by atoms with E-state index in [0.717, 1.165) is 36.8 Å². The molecule has 30 heavy (non-hydrogen) atoms. The highest BCUT2D eigenvalue weighted by molar-refractivity contribution is 6.31. The van der Waals surface area contributed by atoms with Crippen LogP contribution in [-0.4, -0.2) is 35.9 Å². The van der Waals surface area contributed by atoms with E-state index in [1.54, 1.807) is 25.0 Å². The van der Waals surface area contributed by atoms with E-state index in [1.165, 1.54) is 0 Å². The quantitative estimate of drug-likeness (QED) is 0.679. The van der Waals surface area contributed by atoms with Crippen LogP contribution in [0.25, 0.3) is 0 Å². The second-order valence-corrected chi connectivity index (χ2v) is 8.21. The minimum atomic E-state index is -0.591. The first-order valence-corrected chi connectivity index (χ1v) is 10.8. The van der Waals surface area contributed by atoms with Crippen LogP contribution in [0.3, 0.4) is 0 Å². The third kappa shape index (κ3) is 5.76. The third-order valence-corrected chi connectivity index (χ3v) is 6.02. The summed E-state index contributed by atoms with van der Waals surface area (Å²) in [6, 6.07) is 14.5. The molecular weight excluding hydrogens is 400 g/mol. The van der Waals surface area contributed by atoms with Gasteiger partial charge in [0.05, 0.1) is 13.5 Å². The number of carbonyl (C=O) groups excluding carboxylic acids is 2. The Bertz CT molecular complexity index is 880. The maximum Gasteiger partial charge on any atom is 0.242 e. The molecule has 6 heteroatoms. The van der Waals surface area contributed by atoms with Gasteiger partial charge < -0.3 is 15.0 Å². The topological polar surface area (TPSA) is 58.6 Å². The minimum absolute atomic E-state index is 0.114. The molecule has 2 aromatic carbocycles. The van der Waals surface area contributed by atoms with Crippen LogP contribution in [0.2, 0.25) is 5.02 Å². The molecule has 0 saturated heterocycles. The van der Waals surface area contributed by atoms with Gasteiger partial charge in [-0.25, -0.2) is 0 Å². The van der Waals surface area contributed by atoms with E-state index in [2.05, 4.69) is 5.32 Å². The van der Waals surface area contributed by atoms with Crippen LogP contribution in [-0.2, 0) is 22.6 Å². The molecule has 1 saturated carbocycles. The van der Waals surface area contributed by atoms with Gasteiger partial charge in [0.25, 0.3) is 0 Å². The fraction of sp³-hybridized carbons (Fsp3) is 0.417. The van der Waals surface area contributed by atoms with Crippen molar-refractivity contribution in [1.29, 1.82) is 0 Å². The van der Waals surface area contributed by atoms with Gasteiger partial charge in [-0.3, -0.25) is 9.59 Å². The summed E-state index contributed by atoms with van der Waals surface area (Å²) in [6.07, 6.45) is 4.42. The standard InChI is InChI=1S/C24H29ClN2O3/c1-17(24(29)26-20-10-4-5-11-20)27(16-18-8-7-12-21(14-18)30-2)23(28)15-19-9-3-6-13-22(19)25/h3,6-9,12-14,17,20H,4-5,10-11,15-16H2,1-2H3,(H,26,29)/t17-/m0/s1. The number of nitrogens with one attached hydrogen (secondary N) is 1. The molecule has 0 spiro atoms. The second kappa shape index (κ2) is 10.5. The van der Waals surface area contributed by atoms with Gasteiger partial charge in [0.1, 0.15) is 11.8 Å². The Balaban J connectivity index is 1.79. The largest absolute Gasteiger partial charge is 0.497 e. The van der Waals surface area contributed by atoms with E-state index in [0.29, 0.717) is 17.3 Å². The molecule has 3 rings (SSSR count). The molecule has 0 aliphatic heterocycles. The Hall–Kier alpha value is -2.53. The van der Waals surface area contributed by atoms with Gasteiger partial charge in [-0.15, -0.1) is 0 Å². The molecule has 1 aliphatic carbocycles. The molecule has 2 aromatic rings. The Labute approximate surface area is 183 Å². The monoisotopic (exact) mass is 428 g/mol. The van der Waals surface area contributed by atoms with E-state index >= 15 is 0 Å². The number of halogens is 1. The number of carbonyl (C=O) groups is 2. The van der Waals surface area contributed by atoms with Crippen LogP contribution in [0.15, 0.2) is 48.5 Å². The average Bonchev–Trinajstić information content (AvgIpc) is 3.26. The van der Waals surface area contributed by atoms with Gasteiger partial charge in [-0.1, -0.05) is 54.8 Å². The first kappa shape index (κ1) is 22.2. The summed E-state index contributed by atoms with van der Waals surface area (Å²) < 4.78 is 5.30. The van der Waals surface area contributed by atoms with Crippen LogP contribution in [0, 0.1) is 0 Å². The zero-order chi connectivity index (χ0) is 21.5.